The number of fused-ring (bicyclic) bond motifs is 1. The molecule has 1 aliphatic carbocycles. The van der Waals surface area contributed by atoms with E-state index in [1.165, 1.54) is 0 Å². The van der Waals surface area contributed by atoms with E-state index in [2.05, 4.69) is 5.32 Å². The van der Waals surface area contributed by atoms with Crippen molar-refractivity contribution in [1.29, 1.82) is 5.26 Å². The topological polar surface area (TPSA) is 101 Å². The second-order valence-electron chi connectivity index (χ2n) is 6.24. The molecule has 0 spiro atoms. The van der Waals surface area contributed by atoms with Gasteiger partial charge < -0.3 is 24.6 Å². The molecule has 4 rings (SSSR count). The number of aliphatic hydroxyl groups excluding tert-OH is 1. The second kappa shape index (κ2) is 6.92. The lowest BCUT2D eigenvalue weighted by atomic mass is 10.1. The van der Waals surface area contributed by atoms with E-state index in [-0.39, 0.29) is 24.0 Å². The van der Waals surface area contributed by atoms with Crippen LogP contribution in [0.2, 0.25) is 0 Å². The lowest BCUT2D eigenvalue weighted by Gasteiger charge is -2.09. The molecule has 0 atom stereocenters. The standard InChI is InChI=1S/C20H16N2O5/c21-10-16(19(23)12-1-2-12)20(24)22-13-3-5-14(6-4-13)27-15-7-8-17-18(9-15)26-11-25-17/h3-9,12,23H,1-2,11H2,(H,22,24). The van der Waals surface area contributed by atoms with Gasteiger partial charge in [0.2, 0.25) is 6.79 Å². The van der Waals surface area contributed by atoms with Gasteiger partial charge in [-0.2, -0.15) is 5.26 Å². The number of aliphatic hydroxyl groups is 1. The fourth-order valence-corrected chi connectivity index (χ4v) is 2.66. The third kappa shape index (κ3) is 3.65. The molecule has 2 N–H and O–H groups in total. The van der Waals surface area contributed by atoms with Crippen LogP contribution in [0.4, 0.5) is 5.69 Å². The summed E-state index contributed by atoms with van der Waals surface area (Å²) in [6, 6.07) is 13.8. The van der Waals surface area contributed by atoms with E-state index in [1.54, 1.807) is 48.5 Å². The minimum Gasteiger partial charge on any atom is -0.510 e. The van der Waals surface area contributed by atoms with E-state index >= 15 is 0 Å². The molecule has 1 amide bonds. The summed E-state index contributed by atoms with van der Waals surface area (Å²) in [6.45, 7) is 0.197. The van der Waals surface area contributed by atoms with Gasteiger partial charge in [-0.25, -0.2) is 0 Å². The lowest BCUT2D eigenvalue weighted by molar-refractivity contribution is -0.112. The van der Waals surface area contributed by atoms with Crippen molar-refractivity contribution < 1.29 is 24.1 Å². The fraction of sp³-hybridized carbons (Fsp3) is 0.200. The number of nitriles is 1. The zero-order valence-electron chi connectivity index (χ0n) is 14.3. The number of anilines is 1. The van der Waals surface area contributed by atoms with Crippen LogP contribution in [0.15, 0.2) is 53.8 Å². The number of hydrogen-bond donors (Lipinski definition) is 2. The summed E-state index contributed by atoms with van der Waals surface area (Å²) in [6.07, 6.45) is 1.60. The summed E-state index contributed by atoms with van der Waals surface area (Å²) in [7, 11) is 0. The summed E-state index contributed by atoms with van der Waals surface area (Å²) in [5, 5.41) is 21.7. The predicted molar refractivity (Wildman–Crippen MR) is 95.7 cm³/mol. The number of amides is 1. The van der Waals surface area contributed by atoms with Gasteiger partial charge in [0.15, 0.2) is 17.1 Å². The molecule has 1 heterocycles. The fourth-order valence-electron chi connectivity index (χ4n) is 2.66. The largest absolute Gasteiger partial charge is 0.510 e. The van der Waals surface area contributed by atoms with Gasteiger partial charge >= 0.3 is 0 Å². The minimum atomic E-state index is -0.619. The van der Waals surface area contributed by atoms with Crippen molar-refractivity contribution in [2.75, 3.05) is 12.1 Å². The number of carbonyl (C=O) groups excluding carboxylic acids is 1. The molecule has 1 aliphatic heterocycles. The van der Waals surface area contributed by atoms with Gasteiger partial charge in [0, 0.05) is 17.7 Å². The molecule has 7 heteroatoms. The van der Waals surface area contributed by atoms with Gasteiger partial charge in [-0.1, -0.05) is 0 Å². The van der Waals surface area contributed by atoms with Crippen molar-refractivity contribution in [3.63, 3.8) is 0 Å². The smallest absolute Gasteiger partial charge is 0.269 e. The Kier molecular flexibility index (Phi) is 4.30. The molecule has 136 valence electrons. The van der Waals surface area contributed by atoms with Crippen molar-refractivity contribution in [2.45, 2.75) is 12.8 Å². The molecule has 0 unspecified atom stereocenters. The van der Waals surface area contributed by atoms with Crippen molar-refractivity contribution in [2.24, 2.45) is 5.92 Å². The Morgan fingerprint density at radius 3 is 2.52 bits per heavy atom. The minimum absolute atomic E-state index is 0.0668. The van der Waals surface area contributed by atoms with E-state index < -0.39 is 5.91 Å². The number of nitrogens with one attached hydrogen (secondary N) is 1. The van der Waals surface area contributed by atoms with E-state index in [9.17, 15) is 9.90 Å². The van der Waals surface area contributed by atoms with Gasteiger partial charge in [0.1, 0.15) is 23.3 Å². The molecule has 0 bridgehead atoms. The average molecular weight is 364 g/mol. The van der Waals surface area contributed by atoms with Crippen molar-refractivity contribution >= 4 is 11.6 Å². The monoisotopic (exact) mass is 364 g/mol. The van der Waals surface area contributed by atoms with E-state index in [0.29, 0.717) is 28.7 Å². The maximum Gasteiger partial charge on any atom is 0.269 e. The van der Waals surface area contributed by atoms with Gasteiger partial charge in [-0.3, -0.25) is 4.79 Å². The Hall–Kier alpha value is -3.66. The molecule has 1 fully saturated rings. The van der Waals surface area contributed by atoms with Gasteiger partial charge in [0.25, 0.3) is 5.91 Å². The van der Waals surface area contributed by atoms with Crippen LogP contribution in [0, 0.1) is 17.2 Å². The van der Waals surface area contributed by atoms with Crippen molar-refractivity contribution in [1.82, 2.24) is 0 Å². The summed E-state index contributed by atoms with van der Waals surface area (Å²) >= 11 is 0. The summed E-state index contributed by atoms with van der Waals surface area (Å²) < 4.78 is 16.3. The molecule has 0 aromatic heterocycles. The van der Waals surface area contributed by atoms with Crippen LogP contribution < -0.4 is 19.5 Å². The first-order chi connectivity index (χ1) is 13.1. The van der Waals surface area contributed by atoms with Crippen LogP contribution in [0.1, 0.15) is 12.8 Å². The zero-order valence-corrected chi connectivity index (χ0v) is 14.3. The maximum absolute atomic E-state index is 12.2. The van der Waals surface area contributed by atoms with Crippen molar-refractivity contribution in [3.8, 4) is 29.1 Å². The highest BCUT2D eigenvalue weighted by Gasteiger charge is 2.30. The molecular weight excluding hydrogens is 348 g/mol. The Morgan fingerprint density at radius 1 is 1.11 bits per heavy atom. The number of nitrogens with zero attached hydrogens (tertiary/aromatic N) is 1. The molecule has 2 aromatic rings. The molecule has 1 saturated carbocycles. The normalized spacial score (nSPS) is 15.5. The number of benzene rings is 2. The number of ether oxygens (including phenoxy) is 3. The van der Waals surface area contributed by atoms with Gasteiger partial charge in [0.05, 0.1) is 0 Å². The van der Waals surface area contributed by atoms with Crippen LogP contribution in [0.5, 0.6) is 23.0 Å². The highest BCUT2D eigenvalue weighted by Crippen LogP contribution is 2.37. The average Bonchev–Trinajstić information content (AvgIpc) is 3.42. The molecule has 0 saturated heterocycles. The molecule has 0 radical (unpaired) electrons. The number of hydrogen-bond acceptors (Lipinski definition) is 6. The van der Waals surface area contributed by atoms with Crippen LogP contribution in [-0.4, -0.2) is 17.8 Å². The first kappa shape index (κ1) is 16.8. The summed E-state index contributed by atoms with van der Waals surface area (Å²) in [4.78, 5) is 12.2. The number of allylic oxidation sites excluding steroid dienone is 1. The van der Waals surface area contributed by atoms with Gasteiger partial charge in [-0.15, -0.1) is 0 Å². The molecular formula is C20H16N2O5. The highest BCUT2D eigenvalue weighted by molar-refractivity contribution is 6.07. The van der Waals surface area contributed by atoms with E-state index in [0.717, 1.165) is 12.8 Å². The summed E-state index contributed by atoms with van der Waals surface area (Å²) in [5.74, 6) is 1.66. The highest BCUT2D eigenvalue weighted by atomic mass is 16.7. The maximum atomic E-state index is 12.2. The Labute approximate surface area is 155 Å². The third-order valence-electron chi connectivity index (χ3n) is 4.25. The predicted octanol–water partition coefficient (Wildman–Crippen LogP) is 3.89. The van der Waals surface area contributed by atoms with E-state index in [4.69, 9.17) is 19.5 Å². The number of rotatable bonds is 5. The first-order valence-electron chi connectivity index (χ1n) is 8.46. The van der Waals surface area contributed by atoms with Crippen LogP contribution in [-0.2, 0) is 4.79 Å². The van der Waals surface area contributed by atoms with Crippen LogP contribution in [0.3, 0.4) is 0 Å². The Balaban J connectivity index is 1.42. The molecule has 27 heavy (non-hydrogen) atoms. The second-order valence-corrected chi connectivity index (χ2v) is 6.24. The summed E-state index contributed by atoms with van der Waals surface area (Å²) in [5.41, 5.74) is 0.257. The SMILES string of the molecule is N#CC(C(=O)Nc1ccc(Oc2ccc3c(c2)OCO3)cc1)=C(O)C1CC1. The van der Waals surface area contributed by atoms with Gasteiger partial charge in [-0.05, 0) is 49.2 Å². The molecule has 2 aliphatic rings. The molecule has 2 aromatic carbocycles. The van der Waals surface area contributed by atoms with E-state index in [1.807, 2.05) is 0 Å². The lowest BCUT2D eigenvalue weighted by Crippen LogP contribution is -2.15. The number of carbonyl (C=O) groups is 1. The molecule has 7 nitrogen and oxygen atoms in total. The third-order valence-corrected chi connectivity index (χ3v) is 4.25. The Bertz CT molecular complexity index is 955. The quantitative estimate of drug-likeness (QED) is 0.474. The first-order valence-corrected chi connectivity index (χ1v) is 8.46. The van der Waals surface area contributed by atoms with Crippen LogP contribution >= 0.6 is 0 Å². The van der Waals surface area contributed by atoms with Crippen molar-refractivity contribution in [3.05, 3.63) is 53.8 Å². The van der Waals surface area contributed by atoms with Crippen LogP contribution in [0.25, 0.3) is 0 Å². The zero-order chi connectivity index (χ0) is 18.8. The Morgan fingerprint density at radius 2 is 1.81 bits per heavy atom.